The molecule has 0 N–H and O–H groups in total. The summed E-state index contributed by atoms with van der Waals surface area (Å²) in [5, 5.41) is 4.18. The smallest absolute Gasteiger partial charge is 0.387 e. The van der Waals surface area contributed by atoms with Gasteiger partial charge < -0.3 is 4.74 Å². The fourth-order valence-corrected chi connectivity index (χ4v) is 1.62. The molecule has 0 radical (unpaired) electrons. The number of pyridine rings is 1. The number of hydrogen-bond donors (Lipinski definition) is 0. The van der Waals surface area contributed by atoms with Crippen molar-refractivity contribution in [1.29, 1.82) is 0 Å². The van der Waals surface area contributed by atoms with E-state index in [-0.39, 0.29) is 5.75 Å². The molecular formula is C11H11F2N3O. The van der Waals surface area contributed by atoms with Crippen molar-refractivity contribution in [3.8, 4) is 16.9 Å². The van der Waals surface area contributed by atoms with Crippen molar-refractivity contribution in [2.75, 3.05) is 0 Å². The summed E-state index contributed by atoms with van der Waals surface area (Å²) in [6.07, 6.45) is 4.64. The van der Waals surface area contributed by atoms with Crippen LogP contribution < -0.4 is 4.74 Å². The highest BCUT2D eigenvalue weighted by Gasteiger charge is 2.09. The second-order valence-electron chi connectivity index (χ2n) is 3.59. The summed E-state index contributed by atoms with van der Waals surface area (Å²) in [5.41, 5.74) is 2.36. The molecule has 2 heterocycles. The maximum absolute atomic E-state index is 12.1. The average Bonchev–Trinajstić information content (AvgIpc) is 2.57. The van der Waals surface area contributed by atoms with E-state index in [2.05, 4.69) is 14.8 Å². The predicted octanol–water partition coefficient (Wildman–Crippen LogP) is 2.39. The van der Waals surface area contributed by atoms with Crippen molar-refractivity contribution in [3.63, 3.8) is 0 Å². The molecule has 6 heteroatoms. The topological polar surface area (TPSA) is 39.9 Å². The van der Waals surface area contributed by atoms with E-state index < -0.39 is 6.61 Å². The zero-order valence-corrected chi connectivity index (χ0v) is 9.39. The van der Waals surface area contributed by atoms with Gasteiger partial charge >= 0.3 is 6.61 Å². The van der Waals surface area contributed by atoms with Gasteiger partial charge in [-0.25, -0.2) is 0 Å². The molecule has 0 aliphatic rings. The molecule has 0 aromatic carbocycles. The maximum Gasteiger partial charge on any atom is 0.387 e. The van der Waals surface area contributed by atoms with Gasteiger partial charge in [-0.05, 0) is 13.0 Å². The molecule has 0 aliphatic carbocycles. The summed E-state index contributed by atoms with van der Waals surface area (Å²) in [6, 6.07) is 1.52. The first kappa shape index (κ1) is 11.5. The number of alkyl halides is 2. The van der Waals surface area contributed by atoms with Crippen molar-refractivity contribution in [2.45, 2.75) is 13.5 Å². The first-order chi connectivity index (χ1) is 8.06. The molecule has 0 bridgehead atoms. The van der Waals surface area contributed by atoms with Gasteiger partial charge in [0.25, 0.3) is 0 Å². The van der Waals surface area contributed by atoms with Gasteiger partial charge in [0.15, 0.2) is 0 Å². The third-order valence-electron chi connectivity index (χ3n) is 2.26. The summed E-state index contributed by atoms with van der Waals surface area (Å²) in [5.74, 6) is 0.0424. The van der Waals surface area contributed by atoms with E-state index >= 15 is 0 Å². The number of hydrogen-bond acceptors (Lipinski definition) is 3. The fourth-order valence-electron chi connectivity index (χ4n) is 1.62. The Morgan fingerprint density at radius 1 is 1.35 bits per heavy atom. The number of ether oxygens (including phenoxy) is 1. The SMILES string of the molecule is Cc1nn(C)cc1-c1cncc(OC(F)F)c1. The van der Waals surface area contributed by atoms with Crippen LogP contribution in [0, 0.1) is 6.92 Å². The van der Waals surface area contributed by atoms with E-state index in [1.165, 1.54) is 12.3 Å². The van der Waals surface area contributed by atoms with Gasteiger partial charge in [-0.3, -0.25) is 9.67 Å². The lowest BCUT2D eigenvalue weighted by Crippen LogP contribution is -2.02. The van der Waals surface area contributed by atoms with Gasteiger partial charge in [-0.15, -0.1) is 0 Å². The molecule has 90 valence electrons. The lowest BCUT2D eigenvalue weighted by Gasteiger charge is -2.05. The van der Waals surface area contributed by atoms with Crippen LogP contribution in [0.5, 0.6) is 5.75 Å². The summed E-state index contributed by atoms with van der Waals surface area (Å²) in [7, 11) is 1.80. The minimum atomic E-state index is -2.85. The van der Waals surface area contributed by atoms with Gasteiger partial charge in [0, 0.05) is 30.6 Å². The molecule has 17 heavy (non-hydrogen) atoms. The third kappa shape index (κ3) is 2.58. The summed E-state index contributed by atoms with van der Waals surface area (Å²) in [6.45, 7) is -1.00. The standard InChI is InChI=1S/C11H11F2N3O/c1-7-10(6-16(2)15-7)8-3-9(5-14-4-8)17-11(12)13/h3-6,11H,1-2H3. The van der Waals surface area contributed by atoms with Crippen LogP contribution in [-0.4, -0.2) is 21.4 Å². The Bertz CT molecular complexity index is 525. The number of aryl methyl sites for hydroxylation is 2. The Labute approximate surface area is 96.9 Å². The average molecular weight is 239 g/mol. The first-order valence-electron chi connectivity index (χ1n) is 4.97. The van der Waals surface area contributed by atoms with E-state index in [0.29, 0.717) is 5.56 Å². The van der Waals surface area contributed by atoms with E-state index in [0.717, 1.165) is 11.3 Å². The van der Waals surface area contributed by atoms with Crippen LogP contribution in [0.2, 0.25) is 0 Å². The van der Waals surface area contributed by atoms with E-state index in [4.69, 9.17) is 0 Å². The highest BCUT2D eigenvalue weighted by Crippen LogP contribution is 2.25. The number of nitrogens with zero attached hydrogens (tertiary/aromatic N) is 3. The molecule has 0 atom stereocenters. The van der Waals surface area contributed by atoms with Crippen LogP contribution in [0.15, 0.2) is 24.7 Å². The largest absolute Gasteiger partial charge is 0.433 e. The Balaban J connectivity index is 2.36. The zero-order chi connectivity index (χ0) is 12.4. The molecule has 2 aromatic rings. The summed E-state index contributed by atoms with van der Waals surface area (Å²) in [4.78, 5) is 3.87. The monoisotopic (exact) mass is 239 g/mol. The minimum absolute atomic E-state index is 0.0424. The molecule has 4 nitrogen and oxygen atoms in total. The second kappa shape index (κ2) is 4.48. The third-order valence-corrected chi connectivity index (χ3v) is 2.26. The van der Waals surface area contributed by atoms with Gasteiger partial charge in [0.05, 0.1) is 11.9 Å². The van der Waals surface area contributed by atoms with Gasteiger partial charge in [-0.1, -0.05) is 0 Å². The molecule has 0 amide bonds. The van der Waals surface area contributed by atoms with Crippen molar-refractivity contribution in [3.05, 3.63) is 30.4 Å². The molecule has 0 unspecified atom stereocenters. The Morgan fingerprint density at radius 2 is 2.12 bits per heavy atom. The normalized spacial score (nSPS) is 10.9. The van der Waals surface area contributed by atoms with Crippen LogP contribution in [0.3, 0.4) is 0 Å². The molecule has 0 saturated carbocycles. The Kier molecular flexibility index (Phi) is 3.03. The fraction of sp³-hybridized carbons (Fsp3) is 0.273. The Hall–Kier alpha value is -1.98. The van der Waals surface area contributed by atoms with Crippen LogP contribution in [0.4, 0.5) is 8.78 Å². The summed E-state index contributed by atoms with van der Waals surface area (Å²) < 4.78 is 30.1. The van der Waals surface area contributed by atoms with Crippen LogP contribution in [0.25, 0.3) is 11.1 Å². The molecular weight excluding hydrogens is 228 g/mol. The van der Waals surface area contributed by atoms with E-state index in [9.17, 15) is 8.78 Å². The van der Waals surface area contributed by atoms with Gasteiger partial charge in [-0.2, -0.15) is 13.9 Å². The quantitative estimate of drug-likeness (QED) is 0.825. The maximum atomic E-state index is 12.1. The summed E-state index contributed by atoms with van der Waals surface area (Å²) >= 11 is 0. The molecule has 2 rings (SSSR count). The van der Waals surface area contributed by atoms with Gasteiger partial charge in [0.1, 0.15) is 5.75 Å². The molecule has 0 saturated heterocycles. The lowest BCUT2D eigenvalue weighted by molar-refractivity contribution is -0.0500. The van der Waals surface area contributed by atoms with E-state index in [1.807, 2.05) is 6.92 Å². The van der Waals surface area contributed by atoms with Crippen molar-refractivity contribution in [2.24, 2.45) is 7.05 Å². The van der Waals surface area contributed by atoms with Crippen LogP contribution >= 0.6 is 0 Å². The lowest BCUT2D eigenvalue weighted by atomic mass is 10.1. The second-order valence-corrected chi connectivity index (χ2v) is 3.59. The van der Waals surface area contributed by atoms with E-state index in [1.54, 1.807) is 24.1 Å². The number of rotatable bonds is 3. The molecule has 0 spiro atoms. The number of halogens is 2. The highest BCUT2D eigenvalue weighted by molar-refractivity contribution is 5.65. The molecule has 2 aromatic heterocycles. The van der Waals surface area contributed by atoms with Crippen LogP contribution in [0.1, 0.15) is 5.69 Å². The van der Waals surface area contributed by atoms with Crippen molar-refractivity contribution in [1.82, 2.24) is 14.8 Å². The molecule has 0 aliphatic heterocycles. The zero-order valence-electron chi connectivity index (χ0n) is 9.39. The predicted molar refractivity (Wildman–Crippen MR) is 57.8 cm³/mol. The van der Waals surface area contributed by atoms with Crippen molar-refractivity contribution >= 4 is 0 Å². The van der Waals surface area contributed by atoms with Gasteiger partial charge in [0.2, 0.25) is 0 Å². The molecule has 0 fully saturated rings. The van der Waals surface area contributed by atoms with Crippen molar-refractivity contribution < 1.29 is 13.5 Å². The highest BCUT2D eigenvalue weighted by atomic mass is 19.3. The Morgan fingerprint density at radius 3 is 2.71 bits per heavy atom. The number of aromatic nitrogens is 3. The van der Waals surface area contributed by atoms with Crippen LogP contribution in [-0.2, 0) is 7.05 Å². The minimum Gasteiger partial charge on any atom is -0.433 e. The first-order valence-corrected chi connectivity index (χ1v) is 4.97.